The smallest absolute Gasteiger partial charge is 0.306 e. The summed E-state index contributed by atoms with van der Waals surface area (Å²) in [4.78, 5) is 12.2. The number of benzene rings is 1. The van der Waals surface area contributed by atoms with Gasteiger partial charge in [-0.05, 0) is 30.2 Å². The SMILES string of the molecule is COC(=O)CCSc1cccc(Cl)c1CNCC(C)C. The van der Waals surface area contributed by atoms with E-state index >= 15 is 0 Å². The van der Waals surface area contributed by atoms with Gasteiger partial charge in [-0.3, -0.25) is 4.79 Å². The van der Waals surface area contributed by atoms with Gasteiger partial charge in [0.1, 0.15) is 0 Å². The van der Waals surface area contributed by atoms with Crippen molar-refractivity contribution >= 4 is 29.3 Å². The molecule has 0 saturated heterocycles. The Morgan fingerprint density at radius 2 is 2.20 bits per heavy atom. The first kappa shape index (κ1) is 17.3. The third-order valence-electron chi connectivity index (χ3n) is 2.72. The fourth-order valence-electron chi connectivity index (χ4n) is 1.68. The van der Waals surface area contributed by atoms with Crippen molar-refractivity contribution in [2.75, 3.05) is 19.4 Å². The van der Waals surface area contributed by atoms with E-state index in [1.54, 1.807) is 11.8 Å². The number of halogens is 1. The van der Waals surface area contributed by atoms with Gasteiger partial charge in [0.05, 0.1) is 13.5 Å². The molecule has 0 aliphatic heterocycles. The predicted molar refractivity (Wildman–Crippen MR) is 85.4 cm³/mol. The van der Waals surface area contributed by atoms with Crippen LogP contribution in [-0.4, -0.2) is 25.4 Å². The van der Waals surface area contributed by atoms with Gasteiger partial charge in [-0.2, -0.15) is 0 Å². The lowest BCUT2D eigenvalue weighted by Crippen LogP contribution is -2.19. The van der Waals surface area contributed by atoms with Crippen molar-refractivity contribution in [2.45, 2.75) is 31.7 Å². The summed E-state index contributed by atoms with van der Waals surface area (Å²) in [6.07, 6.45) is 0.409. The Labute approximate surface area is 130 Å². The van der Waals surface area contributed by atoms with E-state index in [-0.39, 0.29) is 5.97 Å². The van der Waals surface area contributed by atoms with Crippen molar-refractivity contribution in [1.82, 2.24) is 5.32 Å². The fourth-order valence-corrected chi connectivity index (χ4v) is 3.00. The lowest BCUT2D eigenvalue weighted by molar-refractivity contribution is -0.140. The molecule has 112 valence electrons. The van der Waals surface area contributed by atoms with Crippen LogP contribution < -0.4 is 5.32 Å². The van der Waals surface area contributed by atoms with E-state index in [9.17, 15) is 4.79 Å². The van der Waals surface area contributed by atoms with Crippen LogP contribution in [0.2, 0.25) is 5.02 Å². The topological polar surface area (TPSA) is 38.3 Å². The molecular weight excluding hydrogens is 294 g/mol. The fraction of sp³-hybridized carbons (Fsp3) is 0.533. The minimum atomic E-state index is -0.181. The van der Waals surface area contributed by atoms with Crippen LogP contribution in [0.5, 0.6) is 0 Å². The van der Waals surface area contributed by atoms with Crippen molar-refractivity contribution in [3.63, 3.8) is 0 Å². The maximum absolute atomic E-state index is 11.1. The Balaban J connectivity index is 2.60. The average Bonchev–Trinajstić information content (AvgIpc) is 2.41. The highest BCUT2D eigenvalue weighted by molar-refractivity contribution is 7.99. The van der Waals surface area contributed by atoms with Crippen LogP contribution in [0.25, 0.3) is 0 Å². The monoisotopic (exact) mass is 315 g/mol. The minimum absolute atomic E-state index is 0.181. The summed E-state index contributed by atoms with van der Waals surface area (Å²) in [6.45, 7) is 6.05. The molecule has 5 heteroatoms. The Hall–Kier alpha value is -0.710. The zero-order valence-electron chi connectivity index (χ0n) is 12.2. The second-order valence-corrected chi connectivity index (χ2v) is 6.46. The molecule has 0 spiro atoms. The third kappa shape index (κ3) is 6.16. The summed E-state index contributed by atoms with van der Waals surface area (Å²) < 4.78 is 4.64. The van der Waals surface area contributed by atoms with Gasteiger partial charge in [0.25, 0.3) is 0 Å². The molecule has 0 unspecified atom stereocenters. The van der Waals surface area contributed by atoms with Gasteiger partial charge in [0.2, 0.25) is 0 Å². The molecule has 1 aromatic rings. The number of nitrogens with one attached hydrogen (secondary N) is 1. The van der Waals surface area contributed by atoms with Crippen LogP contribution in [0.15, 0.2) is 23.1 Å². The third-order valence-corrected chi connectivity index (χ3v) is 4.18. The van der Waals surface area contributed by atoms with Gasteiger partial charge < -0.3 is 10.1 Å². The zero-order chi connectivity index (χ0) is 15.0. The number of methoxy groups -OCH3 is 1. The van der Waals surface area contributed by atoms with E-state index in [1.807, 2.05) is 18.2 Å². The Morgan fingerprint density at radius 1 is 1.45 bits per heavy atom. The first-order valence-electron chi connectivity index (χ1n) is 6.72. The number of carbonyl (C=O) groups excluding carboxylic acids is 1. The Morgan fingerprint density at radius 3 is 2.85 bits per heavy atom. The highest BCUT2D eigenvalue weighted by Crippen LogP contribution is 2.29. The van der Waals surface area contributed by atoms with E-state index in [0.717, 1.165) is 28.6 Å². The van der Waals surface area contributed by atoms with Gasteiger partial charge in [0, 0.05) is 22.2 Å². The summed E-state index contributed by atoms with van der Waals surface area (Å²) in [6, 6.07) is 5.88. The van der Waals surface area contributed by atoms with Crippen LogP contribution in [0.4, 0.5) is 0 Å². The van der Waals surface area contributed by atoms with Gasteiger partial charge >= 0.3 is 5.97 Å². The number of thioether (sulfide) groups is 1. The van der Waals surface area contributed by atoms with Gasteiger partial charge in [-0.1, -0.05) is 31.5 Å². The van der Waals surface area contributed by atoms with Crippen molar-refractivity contribution in [2.24, 2.45) is 5.92 Å². The highest BCUT2D eigenvalue weighted by atomic mass is 35.5. The van der Waals surface area contributed by atoms with Gasteiger partial charge in [-0.15, -0.1) is 11.8 Å². The van der Waals surface area contributed by atoms with Gasteiger partial charge in [0.15, 0.2) is 0 Å². The van der Waals surface area contributed by atoms with Gasteiger partial charge in [-0.25, -0.2) is 0 Å². The van der Waals surface area contributed by atoms with Crippen molar-refractivity contribution < 1.29 is 9.53 Å². The Bertz CT molecular complexity index is 438. The average molecular weight is 316 g/mol. The molecule has 1 rings (SSSR count). The Kier molecular flexibility index (Phi) is 8.04. The largest absolute Gasteiger partial charge is 0.469 e. The molecule has 0 saturated carbocycles. The summed E-state index contributed by atoms with van der Waals surface area (Å²) >= 11 is 7.91. The van der Waals surface area contributed by atoms with Crippen LogP contribution in [0, 0.1) is 5.92 Å². The van der Waals surface area contributed by atoms with E-state index in [1.165, 1.54) is 7.11 Å². The van der Waals surface area contributed by atoms with E-state index in [2.05, 4.69) is 23.9 Å². The van der Waals surface area contributed by atoms with E-state index < -0.39 is 0 Å². The molecule has 0 aromatic heterocycles. The second kappa shape index (κ2) is 9.27. The molecule has 1 N–H and O–H groups in total. The molecule has 0 fully saturated rings. The molecule has 20 heavy (non-hydrogen) atoms. The molecular formula is C15H22ClNO2S. The maximum atomic E-state index is 11.1. The molecule has 0 bridgehead atoms. The molecule has 0 atom stereocenters. The van der Waals surface area contributed by atoms with Crippen molar-refractivity contribution in [1.29, 1.82) is 0 Å². The number of ether oxygens (including phenoxy) is 1. The number of hydrogen-bond donors (Lipinski definition) is 1. The lowest BCUT2D eigenvalue weighted by atomic mass is 10.2. The number of rotatable bonds is 8. The predicted octanol–water partition coefficient (Wildman–Crippen LogP) is 3.74. The first-order valence-corrected chi connectivity index (χ1v) is 8.08. The lowest BCUT2D eigenvalue weighted by Gasteiger charge is -2.13. The highest BCUT2D eigenvalue weighted by Gasteiger charge is 2.09. The zero-order valence-corrected chi connectivity index (χ0v) is 13.8. The molecule has 0 heterocycles. The summed E-state index contributed by atoms with van der Waals surface area (Å²) in [7, 11) is 1.41. The first-order chi connectivity index (χ1) is 9.54. The van der Waals surface area contributed by atoms with Crippen LogP contribution >= 0.6 is 23.4 Å². The second-order valence-electron chi connectivity index (χ2n) is 4.92. The minimum Gasteiger partial charge on any atom is -0.469 e. The number of esters is 1. The molecule has 0 aliphatic rings. The molecule has 1 aromatic carbocycles. The standard InChI is InChI=1S/C15H22ClNO2S/c1-11(2)9-17-10-12-13(16)5-4-6-14(12)20-8-7-15(18)19-3/h4-6,11,17H,7-10H2,1-3H3. The van der Waals surface area contributed by atoms with Crippen molar-refractivity contribution in [3.05, 3.63) is 28.8 Å². The van der Waals surface area contributed by atoms with E-state index in [4.69, 9.17) is 11.6 Å². The van der Waals surface area contributed by atoms with Crippen molar-refractivity contribution in [3.8, 4) is 0 Å². The van der Waals surface area contributed by atoms with Crippen LogP contribution in [-0.2, 0) is 16.1 Å². The van der Waals surface area contributed by atoms with Crippen LogP contribution in [0.3, 0.4) is 0 Å². The summed E-state index contributed by atoms with van der Waals surface area (Å²) in [5.41, 5.74) is 1.10. The van der Waals surface area contributed by atoms with E-state index in [0.29, 0.717) is 18.1 Å². The number of hydrogen-bond acceptors (Lipinski definition) is 4. The normalized spacial score (nSPS) is 10.8. The maximum Gasteiger partial charge on any atom is 0.306 e. The molecule has 0 aliphatic carbocycles. The van der Waals surface area contributed by atoms with Crippen LogP contribution in [0.1, 0.15) is 25.8 Å². The number of carbonyl (C=O) groups is 1. The molecule has 0 radical (unpaired) electrons. The molecule has 3 nitrogen and oxygen atoms in total. The quantitative estimate of drug-likeness (QED) is 0.586. The molecule has 0 amide bonds. The summed E-state index contributed by atoms with van der Waals surface area (Å²) in [5.74, 6) is 1.12. The summed E-state index contributed by atoms with van der Waals surface area (Å²) in [5, 5.41) is 4.17.